The van der Waals surface area contributed by atoms with Crippen LogP contribution in [0.1, 0.15) is 27.2 Å². The minimum Gasteiger partial charge on any atom is -0.319 e. The molecule has 3 heteroatoms. The van der Waals surface area contributed by atoms with Crippen molar-refractivity contribution in [2.75, 3.05) is 27.2 Å². The van der Waals surface area contributed by atoms with Gasteiger partial charge in [0, 0.05) is 12.7 Å². The molecule has 3 nitrogen and oxygen atoms in total. The van der Waals surface area contributed by atoms with Crippen molar-refractivity contribution in [3.63, 3.8) is 0 Å². The highest BCUT2D eigenvalue weighted by molar-refractivity contribution is 5.79. The molecule has 14 heavy (non-hydrogen) atoms. The summed E-state index contributed by atoms with van der Waals surface area (Å²) in [5, 5.41) is 0. The minimum absolute atomic E-state index is 0.150. The summed E-state index contributed by atoms with van der Waals surface area (Å²) >= 11 is 0. The van der Waals surface area contributed by atoms with E-state index in [0.29, 0.717) is 6.54 Å². The van der Waals surface area contributed by atoms with Gasteiger partial charge in [-0.15, -0.1) is 0 Å². The SMILES string of the molecule is C/C=C(\C)N(C)C(=O)CN(C)CCC. The molecule has 0 atom stereocenters. The summed E-state index contributed by atoms with van der Waals surface area (Å²) < 4.78 is 0. The Morgan fingerprint density at radius 2 is 1.93 bits per heavy atom. The van der Waals surface area contributed by atoms with Crippen LogP contribution in [-0.2, 0) is 4.79 Å². The third-order valence-corrected chi connectivity index (χ3v) is 2.33. The number of likely N-dealkylation sites (N-methyl/N-ethyl adjacent to an activating group) is 2. The van der Waals surface area contributed by atoms with Gasteiger partial charge in [-0.2, -0.15) is 0 Å². The molecule has 0 aliphatic carbocycles. The normalized spacial score (nSPS) is 12.0. The van der Waals surface area contributed by atoms with Crippen molar-refractivity contribution in [2.45, 2.75) is 27.2 Å². The fraction of sp³-hybridized carbons (Fsp3) is 0.727. The van der Waals surface area contributed by atoms with Gasteiger partial charge in [0.15, 0.2) is 0 Å². The summed E-state index contributed by atoms with van der Waals surface area (Å²) in [7, 11) is 3.79. The monoisotopic (exact) mass is 198 g/mol. The van der Waals surface area contributed by atoms with E-state index in [0.717, 1.165) is 18.7 Å². The summed E-state index contributed by atoms with van der Waals surface area (Å²) in [6, 6.07) is 0. The van der Waals surface area contributed by atoms with Crippen LogP contribution in [0.15, 0.2) is 11.8 Å². The molecule has 0 aromatic carbocycles. The van der Waals surface area contributed by atoms with Crippen molar-refractivity contribution in [1.82, 2.24) is 9.80 Å². The second-order valence-corrected chi connectivity index (χ2v) is 3.62. The van der Waals surface area contributed by atoms with Crippen LogP contribution in [0.2, 0.25) is 0 Å². The average molecular weight is 198 g/mol. The molecule has 1 amide bonds. The van der Waals surface area contributed by atoms with Crippen LogP contribution in [0.5, 0.6) is 0 Å². The van der Waals surface area contributed by atoms with Gasteiger partial charge in [-0.05, 0) is 33.9 Å². The van der Waals surface area contributed by atoms with E-state index in [1.165, 1.54) is 0 Å². The zero-order valence-corrected chi connectivity index (χ0v) is 10.0. The number of carbonyl (C=O) groups is 1. The van der Waals surface area contributed by atoms with Gasteiger partial charge in [0.05, 0.1) is 6.54 Å². The molecule has 0 unspecified atom stereocenters. The highest BCUT2D eigenvalue weighted by atomic mass is 16.2. The largest absolute Gasteiger partial charge is 0.319 e. The lowest BCUT2D eigenvalue weighted by molar-refractivity contribution is -0.129. The summed E-state index contributed by atoms with van der Waals surface area (Å²) in [5.74, 6) is 0.150. The molecule has 0 aliphatic heterocycles. The van der Waals surface area contributed by atoms with Gasteiger partial charge in [-0.3, -0.25) is 9.69 Å². The first-order chi connectivity index (χ1) is 6.52. The molecule has 0 aliphatic rings. The fourth-order valence-electron chi connectivity index (χ4n) is 1.19. The fourth-order valence-corrected chi connectivity index (χ4v) is 1.19. The maximum Gasteiger partial charge on any atom is 0.240 e. The van der Waals surface area contributed by atoms with E-state index in [-0.39, 0.29) is 5.91 Å². The number of amides is 1. The van der Waals surface area contributed by atoms with Gasteiger partial charge >= 0.3 is 0 Å². The van der Waals surface area contributed by atoms with Crippen LogP contribution in [0.4, 0.5) is 0 Å². The van der Waals surface area contributed by atoms with Crippen molar-refractivity contribution in [3.05, 3.63) is 11.8 Å². The highest BCUT2D eigenvalue weighted by Crippen LogP contribution is 2.00. The number of hydrogen-bond donors (Lipinski definition) is 0. The standard InChI is InChI=1S/C11H22N2O/c1-6-8-12(4)9-11(14)13(5)10(3)7-2/h7H,6,8-9H2,1-5H3/b10-7+. The van der Waals surface area contributed by atoms with E-state index >= 15 is 0 Å². The molecule has 0 bridgehead atoms. The first kappa shape index (κ1) is 13.2. The number of allylic oxidation sites excluding steroid dienone is 2. The molecule has 0 aromatic rings. The van der Waals surface area contributed by atoms with Crippen molar-refractivity contribution < 1.29 is 4.79 Å². The zero-order valence-electron chi connectivity index (χ0n) is 10.0. The van der Waals surface area contributed by atoms with Gasteiger partial charge in [0.25, 0.3) is 0 Å². The highest BCUT2D eigenvalue weighted by Gasteiger charge is 2.11. The number of rotatable bonds is 5. The number of carbonyl (C=O) groups excluding carboxylic acids is 1. The lowest BCUT2D eigenvalue weighted by Gasteiger charge is -2.21. The predicted molar refractivity (Wildman–Crippen MR) is 60.0 cm³/mol. The molecular formula is C11H22N2O. The summed E-state index contributed by atoms with van der Waals surface area (Å²) in [6.07, 6.45) is 3.02. The molecule has 82 valence electrons. The second-order valence-electron chi connectivity index (χ2n) is 3.62. The molecule has 0 spiro atoms. The van der Waals surface area contributed by atoms with Crippen molar-refractivity contribution >= 4 is 5.91 Å². The quantitative estimate of drug-likeness (QED) is 0.671. The Kier molecular flexibility index (Phi) is 6.21. The summed E-state index contributed by atoms with van der Waals surface area (Å²) in [5.41, 5.74) is 1.000. The van der Waals surface area contributed by atoms with E-state index in [9.17, 15) is 4.79 Å². The third-order valence-electron chi connectivity index (χ3n) is 2.33. The lowest BCUT2D eigenvalue weighted by Crippen LogP contribution is -2.35. The maximum atomic E-state index is 11.7. The molecule has 0 rings (SSSR count). The molecule has 0 heterocycles. The van der Waals surface area contributed by atoms with Crippen molar-refractivity contribution in [1.29, 1.82) is 0 Å². The van der Waals surface area contributed by atoms with Gasteiger partial charge < -0.3 is 4.90 Å². The van der Waals surface area contributed by atoms with Crippen LogP contribution < -0.4 is 0 Å². The Bertz CT molecular complexity index is 211. The Hall–Kier alpha value is -0.830. The third kappa shape index (κ3) is 4.42. The van der Waals surface area contributed by atoms with E-state index < -0.39 is 0 Å². The van der Waals surface area contributed by atoms with Gasteiger partial charge in [-0.25, -0.2) is 0 Å². The van der Waals surface area contributed by atoms with Crippen LogP contribution in [-0.4, -0.2) is 42.9 Å². The number of nitrogens with zero attached hydrogens (tertiary/aromatic N) is 2. The van der Waals surface area contributed by atoms with Crippen LogP contribution >= 0.6 is 0 Å². The van der Waals surface area contributed by atoms with Gasteiger partial charge in [0.2, 0.25) is 5.91 Å². The van der Waals surface area contributed by atoms with Gasteiger partial charge in [-0.1, -0.05) is 13.0 Å². The summed E-state index contributed by atoms with van der Waals surface area (Å²) in [6.45, 7) is 7.46. The molecule has 0 saturated heterocycles. The smallest absolute Gasteiger partial charge is 0.240 e. The second kappa shape index (κ2) is 6.60. The molecule has 0 aromatic heterocycles. The zero-order chi connectivity index (χ0) is 11.1. The van der Waals surface area contributed by atoms with Crippen LogP contribution in [0, 0.1) is 0 Å². The predicted octanol–water partition coefficient (Wildman–Crippen LogP) is 1.71. The van der Waals surface area contributed by atoms with E-state index in [2.05, 4.69) is 6.92 Å². The maximum absolute atomic E-state index is 11.7. The van der Waals surface area contributed by atoms with Crippen molar-refractivity contribution in [3.8, 4) is 0 Å². The minimum atomic E-state index is 0.150. The first-order valence-electron chi connectivity index (χ1n) is 5.10. The summed E-state index contributed by atoms with van der Waals surface area (Å²) in [4.78, 5) is 15.4. The molecule has 0 radical (unpaired) electrons. The Morgan fingerprint density at radius 3 is 2.36 bits per heavy atom. The Morgan fingerprint density at radius 1 is 1.36 bits per heavy atom. The van der Waals surface area contributed by atoms with E-state index in [4.69, 9.17) is 0 Å². The Labute approximate surface area is 87.4 Å². The first-order valence-corrected chi connectivity index (χ1v) is 5.10. The average Bonchev–Trinajstić information content (AvgIpc) is 2.15. The molecule has 0 N–H and O–H groups in total. The molecule has 0 fully saturated rings. The van der Waals surface area contributed by atoms with Crippen LogP contribution in [0.3, 0.4) is 0 Å². The van der Waals surface area contributed by atoms with Crippen molar-refractivity contribution in [2.24, 2.45) is 0 Å². The topological polar surface area (TPSA) is 23.6 Å². The molecular weight excluding hydrogens is 176 g/mol. The lowest BCUT2D eigenvalue weighted by atomic mass is 10.3. The van der Waals surface area contributed by atoms with Crippen LogP contribution in [0.25, 0.3) is 0 Å². The van der Waals surface area contributed by atoms with Gasteiger partial charge in [0.1, 0.15) is 0 Å². The Balaban J connectivity index is 4.08. The number of hydrogen-bond acceptors (Lipinski definition) is 2. The van der Waals surface area contributed by atoms with E-state index in [1.54, 1.807) is 4.90 Å². The molecule has 0 saturated carbocycles. The van der Waals surface area contributed by atoms with E-state index in [1.807, 2.05) is 38.9 Å².